The SMILES string of the molecule is [C-]#[N+]C(C#N)(CCC(F)(F)F)Cn1cc(Br)c(C(C)(C)C)n1. The Labute approximate surface area is 135 Å². The Morgan fingerprint density at radius 3 is 2.32 bits per heavy atom. The summed E-state index contributed by atoms with van der Waals surface area (Å²) in [5, 5.41) is 13.5. The smallest absolute Gasteiger partial charge is 0.292 e. The summed E-state index contributed by atoms with van der Waals surface area (Å²) in [5.41, 5.74) is -1.31. The van der Waals surface area contributed by atoms with Crippen LogP contribution in [0, 0.1) is 17.9 Å². The van der Waals surface area contributed by atoms with Gasteiger partial charge in [0.2, 0.25) is 0 Å². The Hall–Kier alpha value is -1.54. The molecule has 22 heavy (non-hydrogen) atoms. The molecule has 1 rings (SSSR count). The van der Waals surface area contributed by atoms with Crippen molar-refractivity contribution in [1.82, 2.24) is 9.78 Å². The van der Waals surface area contributed by atoms with Crippen LogP contribution < -0.4 is 0 Å². The van der Waals surface area contributed by atoms with E-state index in [9.17, 15) is 18.4 Å². The predicted octanol–water partition coefficient (Wildman–Crippen LogP) is 4.47. The third-order valence-electron chi connectivity index (χ3n) is 3.10. The van der Waals surface area contributed by atoms with Gasteiger partial charge in [-0.2, -0.15) is 23.5 Å². The standard InChI is InChI=1S/C14H16BrF3N4/c1-12(2,3)11-10(15)7-22(21-11)9-13(8-19,20-4)5-6-14(16,17)18/h7H,5-6,9H2,1-3H3. The Bertz CT molecular complexity index is 600. The van der Waals surface area contributed by atoms with Gasteiger partial charge in [0, 0.05) is 11.6 Å². The summed E-state index contributed by atoms with van der Waals surface area (Å²) >= 11 is 3.35. The van der Waals surface area contributed by atoms with Gasteiger partial charge in [0.15, 0.2) is 6.07 Å². The summed E-state index contributed by atoms with van der Waals surface area (Å²) in [6, 6.07) is 1.72. The first kappa shape index (κ1) is 18.5. The van der Waals surface area contributed by atoms with E-state index < -0.39 is 24.6 Å². The van der Waals surface area contributed by atoms with Crippen molar-refractivity contribution in [3.8, 4) is 6.07 Å². The summed E-state index contributed by atoms with van der Waals surface area (Å²) in [4.78, 5) is 3.15. The monoisotopic (exact) mass is 376 g/mol. The van der Waals surface area contributed by atoms with Crippen molar-refractivity contribution in [1.29, 1.82) is 5.26 Å². The topological polar surface area (TPSA) is 46.0 Å². The Morgan fingerprint density at radius 2 is 1.95 bits per heavy atom. The average Bonchev–Trinajstić information content (AvgIpc) is 2.74. The van der Waals surface area contributed by atoms with Crippen molar-refractivity contribution in [2.75, 3.05) is 0 Å². The second-order valence-electron chi connectivity index (χ2n) is 6.14. The first-order valence-electron chi connectivity index (χ1n) is 6.52. The largest absolute Gasteiger partial charge is 0.389 e. The van der Waals surface area contributed by atoms with Crippen LogP contribution >= 0.6 is 15.9 Å². The first-order valence-corrected chi connectivity index (χ1v) is 7.32. The lowest BCUT2D eigenvalue weighted by Crippen LogP contribution is -2.31. The van der Waals surface area contributed by atoms with Crippen LogP contribution in [-0.2, 0) is 12.0 Å². The first-order chi connectivity index (χ1) is 9.92. The molecule has 1 heterocycles. The number of rotatable bonds is 4. The lowest BCUT2D eigenvalue weighted by Gasteiger charge is -2.17. The fraction of sp³-hybridized carbons (Fsp3) is 0.643. The molecular weight excluding hydrogens is 361 g/mol. The van der Waals surface area contributed by atoms with Crippen molar-refractivity contribution in [2.24, 2.45) is 0 Å². The molecule has 0 amide bonds. The van der Waals surface area contributed by atoms with Crippen molar-refractivity contribution >= 4 is 15.9 Å². The van der Waals surface area contributed by atoms with Crippen LogP contribution in [0.1, 0.15) is 39.3 Å². The van der Waals surface area contributed by atoms with Gasteiger partial charge in [0.05, 0.1) is 23.0 Å². The predicted molar refractivity (Wildman–Crippen MR) is 78.9 cm³/mol. The van der Waals surface area contributed by atoms with E-state index in [4.69, 9.17) is 6.57 Å². The minimum absolute atomic E-state index is 0.197. The second kappa shape index (κ2) is 6.29. The molecular formula is C14H16BrF3N4. The zero-order valence-electron chi connectivity index (χ0n) is 12.5. The minimum atomic E-state index is -4.39. The Kier molecular flexibility index (Phi) is 5.30. The van der Waals surface area contributed by atoms with Crippen molar-refractivity contribution in [3.05, 3.63) is 27.8 Å². The molecule has 0 bridgehead atoms. The van der Waals surface area contributed by atoms with Gasteiger partial charge in [-0.25, -0.2) is 6.57 Å². The number of aromatic nitrogens is 2. The fourth-order valence-corrected chi connectivity index (χ4v) is 2.80. The zero-order valence-corrected chi connectivity index (χ0v) is 14.1. The molecule has 0 fully saturated rings. The second-order valence-corrected chi connectivity index (χ2v) is 7.00. The molecule has 0 aliphatic rings. The summed E-state index contributed by atoms with van der Waals surface area (Å²) in [6.07, 6.45) is -4.55. The number of hydrogen-bond acceptors (Lipinski definition) is 2. The van der Waals surface area contributed by atoms with Gasteiger partial charge in [0.25, 0.3) is 0 Å². The summed E-state index contributed by atoms with van der Waals surface area (Å²) in [5.74, 6) is 0. The molecule has 4 nitrogen and oxygen atoms in total. The fourth-order valence-electron chi connectivity index (χ4n) is 1.89. The molecule has 0 aliphatic carbocycles. The lowest BCUT2D eigenvalue weighted by atomic mass is 9.93. The maximum atomic E-state index is 12.4. The van der Waals surface area contributed by atoms with Crippen molar-refractivity contribution < 1.29 is 13.2 Å². The van der Waals surface area contributed by atoms with Gasteiger partial charge in [-0.05, 0) is 15.9 Å². The number of nitriles is 1. The third kappa shape index (κ3) is 4.74. The molecule has 0 aromatic carbocycles. The Balaban J connectivity index is 3.03. The highest BCUT2D eigenvalue weighted by atomic mass is 79.9. The van der Waals surface area contributed by atoms with Crippen LogP contribution in [0.3, 0.4) is 0 Å². The molecule has 0 saturated heterocycles. The lowest BCUT2D eigenvalue weighted by molar-refractivity contribution is -0.137. The van der Waals surface area contributed by atoms with Gasteiger partial charge in [-0.1, -0.05) is 20.8 Å². The molecule has 0 N–H and O–H groups in total. The number of alkyl halides is 3. The quantitative estimate of drug-likeness (QED) is 0.727. The number of hydrogen-bond donors (Lipinski definition) is 0. The zero-order chi connectivity index (χ0) is 17.2. The maximum absolute atomic E-state index is 12.4. The summed E-state index contributed by atoms with van der Waals surface area (Å²) in [7, 11) is 0. The molecule has 0 aliphatic heterocycles. The van der Waals surface area contributed by atoms with Crippen LogP contribution in [0.25, 0.3) is 4.85 Å². The molecule has 1 atom stereocenters. The van der Waals surface area contributed by atoms with Gasteiger partial charge >= 0.3 is 11.7 Å². The third-order valence-corrected chi connectivity index (χ3v) is 3.68. The normalized spacial score (nSPS) is 15.0. The van der Waals surface area contributed by atoms with E-state index in [-0.39, 0.29) is 12.0 Å². The van der Waals surface area contributed by atoms with Gasteiger partial charge in [0.1, 0.15) is 6.54 Å². The number of nitrogens with zero attached hydrogens (tertiary/aromatic N) is 4. The highest BCUT2D eigenvalue weighted by Gasteiger charge is 2.42. The Morgan fingerprint density at radius 1 is 1.36 bits per heavy atom. The molecule has 0 saturated carbocycles. The maximum Gasteiger partial charge on any atom is 0.389 e. The molecule has 0 spiro atoms. The van der Waals surface area contributed by atoms with Gasteiger partial charge < -0.3 is 0 Å². The average molecular weight is 377 g/mol. The van der Waals surface area contributed by atoms with E-state index >= 15 is 0 Å². The van der Waals surface area contributed by atoms with E-state index in [1.807, 2.05) is 20.8 Å². The summed E-state index contributed by atoms with van der Waals surface area (Å²) in [6.45, 7) is 12.8. The van der Waals surface area contributed by atoms with E-state index in [2.05, 4.69) is 25.9 Å². The van der Waals surface area contributed by atoms with Crippen LogP contribution in [-0.4, -0.2) is 21.5 Å². The molecule has 1 unspecified atom stereocenters. The molecule has 120 valence electrons. The molecule has 1 aromatic heterocycles. The molecule has 1 aromatic rings. The van der Waals surface area contributed by atoms with E-state index in [0.717, 1.165) is 5.69 Å². The van der Waals surface area contributed by atoms with Crippen LogP contribution in [0.4, 0.5) is 13.2 Å². The van der Waals surface area contributed by atoms with Crippen LogP contribution in [0.5, 0.6) is 0 Å². The van der Waals surface area contributed by atoms with Gasteiger partial charge in [-0.3, -0.25) is 9.53 Å². The van der Waals surface area contributed by atoms with E-state index in [1.165, 1.54) is 4.68 Å². The van der Waals surface area contributed by atoms with Crippen molar-refractivity contribution in [2.45, 2.75) is 57.3 Å². The molecule has 0 radical (unpaired) electrons. The van der Waals surface area contributed by atoms with Gasteiger partial charge in [-0.15, -0.1) is 0 Å². The highest BCUT2D eigenvalue weighted by molar-refractivity contribution is 9.10. The molecule has 8 heteroatoms. The van der Waals surface area contributed by atoms with Crippen LogP contribution in [0.2, 0.25) is 0 Å². The van der Waals surface area contributed by atoms with E-state index in [1.54, 1.807) is 12.3 Å². The van der Waals surface area contributed by atoms with E-state index in [0.29, 0.717) is 4.47 Å². The minimum Gasteiger partial charge on any atom is -0.292 e. The highest BCUT2D eigenvalue weighted by Crippen LogP contribution is 2.31. The number of halogens is 4. The van der Waals surface area contributed by atoms with Crippen molar-refractivity contribution in [3.63, 3.8) is 0 Å². The summed E-state index contributed by atoms with van der Waals surface area (Å²) < 4.78 is 39.2. The van der Waals surface area contributed by atoms with Crippen LogP contribution in [0.15, 0.2) is 10.7 Å².